The molecule has 0 aliphatic heterocycles. The summed E-state index contributed by atoms with van der Waals surface area (Å²) in [5.41, 5.74) is 2.09. The Kier molecular flexibility index (Phi) is 5.29. The zero-order valence-corrected chi connectivity index (χ0v) is 16.6. The van der Waals surface area contributed by atoms with Gasteiger partial charge in [-0.3, -0.25) is 0 Å². The third kappa shape index (κ3) is 3.99. The van der Waals surface area contributed by atoms with Gasteiger partial charge in [0.1, 0.15) is 23.9 Å². The minimum atomic E-state index is -1.07. The fraction of sp³-hybridized carbons (Fsp3) is 0.647. The van der Waals surface area contributed by atoms with Crippen molar-refractivity contribution in [1.82, 2.24) is 14.5 Å². The second-order valence-corrected chi connectivity index (χ2v) is 13.8. The van der Waals surface area contributed by atoms with Gasteiger partial charge in [-0.15, -0.1) is 0 Å². The summed E-state index contributed by atoms with van der Waals surface area (Å²) in [5.74, 6) is 1.05. The van der Waals surface area contributed by atoms with Crippen molar-refractivity contribution in [3.63, 3.8) is 0 Å². The lowest BCUT2D eigenvalue weighted by molar-refractivity contribution is 0.0898. The van der Waals surface area contributed by atoms with E-state index in [0.29, 0.717) is 23.7 Å². The molecule has 0 N–H and O–H groups in total. The van der Waals surface area contributed by atoms with Crippen molar-refractivity contribution >= 4 is 30.7 Å². The summed E-state index contributed by atoms with van der Waals surface area (Å²) in [6.07, 6.45) is 4.79. The average molecular weight is 368 g/mol. The monoisotopic (exact) mass is 367 g/mol. The van der Waals surface area contributed by atoms with Crippen LogP contribution in [0.15, 0.2) is 12.5 Å². The van der Waals surface area contributed by atoms with E-state index in [1.165, 1.54) is 11.9 Å². The largest absolute Gasteiger partial charge is 0.384 e. The molecule has 2 atom stereocenters. The molecule has 1 aliphatic rings. The van der Waals surface area contributed by atoms with Crippen LogP contribution in [0.1, 0.15) is 17.9 Å². The van der Waals surface area contributed by atoms with Gasteiger partial charge in [0.05, 0.1) is 5.39 Å². The zero-order chi connectivity index (χ0) is 17.3. The molecular weight excluding hydrogens is 342 g/mol. The van der Waals surface area contributed by atoms with Gasteiger partial charge in [-0.05, 0) is 29.9 Å². The highest BCUT2D eigenvalue weighted by atomic mass is 35.5. The summed E-state index contributed by atoms with van der Waals surface area (Å²) < 4.78 is 13.2. The molecule has 5 nitrogen and oxygen atoms in total. The molecule has 1 fully saturated rings. The van der Waals surface area contributed by atoms with Crippen LogP contribution in [0.4, 0.5) is 0 Å². The molecule has 7 heteroatoms. The summed E-state index contributed by atoms with van der Waals surface area (Å²) in [6.45, 7) is 9.16. The Bertz CT molecular complexity index is 714. The van der Waals surface area contributed by atoms with Crippen LogP contribution in [-0.4, -0.2) is 42.9 Å². The normalized spacial score (nSPS) is 20.7. The highest BCUT2D eigenvalue weighted by Gasteiger charge is 2.40. The molecule has 0 radical (unpaired) electrons. The maximum absolute atomic E-state index is 6.36. The van der Waals surface area contributed by atoms with Crippen molar-refractivity contribution in [3.05, 3.63) is 23.2 Å². The maximum atomic E-state index is 6.36. The molecule has 0 saturated heterocycles. The van der Waals surface area contributed by atoms with E-state index in [1.807, 2.05) is 0 Å². The first-order valence-electron chi connectivity index (χ1n) is 8.46. The van der Waals surface area contributed by atoms with E-state index in [-0.39, 0.29) is 0 Å². The van der Waals surface area contributed by atoms with Crippen LogP contribution in [0.2, 0.25) is 30.8 Å². The summed E-state index contributed by atoms with van der Waals surface area (Å²) in [7, 11) is 0.677. The Morgan fingerprint density at radius 1 is 1.33 bits per heavy atom. The van der Waals surface area contributed by atoms with Crippen molar-refractivity contribution in [3.8, 4) is 0 Å². The van der Waals surface area contributed by atoms with Gasteiger partial charge in [0, 0.05) is 34.6 Å². The molecule has 2 heterocycles. The minimum absolute atomic E-state index is 0.485. The summed E-state index contributed by atoms with van der Waals surface area (Å²) in [5, 5.41) is 1.50. The van der Waals surface area contributed by atoms with E-state index >= 15 is 0 Å². The van der Waals surface area contributed by atoms with Crippen LogP contribution in [0.25, 0.3) is 11.0 Å². The predicted molar refractivity (Wildman–Crippen MR) is 99.4 cm³/mol. The molecule has 1 aliphatic carbocycles. The molecule has 132 valence electrons. The number of fused-ring (bicyclic) bond motifs is 1. The highest BCUT2D eigenvalue weighted by Crippen LogP contribution is 2.50. The number of aromatic nitrogens is 3. The smallest absolute Gasteiger partial charge is 0.147 e. The van der Waals surface area contributed by atoms with Crippen molar-refractivity contribution in [2.45, 2.75) is 44.8 Å². The SMILES string of the molecule is COCC1CC1c1cn(COCC[Si](C)(C)C)c2ncnc(Cl)c12. The first-order valence-corrected chi connectivity index (χ1v) is 12.5. The fourth-order valence-corrected chi connectivity index (χ4v) is 4.06. The number of ether oxygens (including phenoxy) is 2. The standard InChI is InChI=1S/C17H26ClN3O2Si/c1-22-9-12-7-13(12)14-8-21(11-23-5-6-24(2,3)4)17-15(14)16(18)19-10-20-17/h8,10,12-13H,5-7,9,11H2,1-4H3. The molecule has 0 amide bonds. The lowest BCUT2D eigenvalue weighted by Crippen LogP contribution is -2.22. The Hall–Kier alpha value is -0.953. The average Bonchev–Trinajstić information content (AvgIpc) is 3.16. The maximum Gasteiger partial charge on any atom is 0.147 e. The first kappa shape index (κ1) is 17.9. The van der Waals surface area contributed by atoms with Gasteiger partial charge in [0.2, 0.25) is 0 Å². The van der Waals surface area contributed by atoms with E-state index in [1.54, 1.807) is 7.11 Å². The third-order valence-electron chi connectivity index (χ3n) is 4.57. The van der Waals surface area contributed by atoms with Gasteiger partial charge in [-0.2, -0.15) is 0 Å². The van der Waals surface area contributed by atoms with Crippen LogP contribution < -0.4 is 0 Å². The van der Waals surface area contributed by atoms with Crippen LogP contribution in [0.3, 0.4) is 0 Å². The van der Waals surface area contributed by atoms with Gasteiger partial charge < -0.3 is 14.0 Å². The second-order valence-electron chi connectivity index (χ2n) is 7.82. The Balaban J connectivity index is 1.78. The van der Waals surface area contributed by atoms with Crippen LogP contribution >= 0.6 is 11.6 Å². The number of rotatable bonds is 8. The summed E-state index contributed by atoms with van der Waals surface area (Å²) >= 11 is 6.36. The Labute approximate surface area is 149 Å². The van der Waals surface area contributed by atoms with E-state index in [2.05, 4.69) is 40.4 Å². The molecule has 24 heavy (non-hydrogen) atoms. The van der Waals surface area contributed by atoms with Crippen LogP contribution in [-0.2, 0) is 16.2 Å². The van der Waals surface area contributed by atoms with Gasteiger partial charge in [-0.25, -0.2) is 9.97 Å². The van der Waals surface area contributed by atoms with Crippen molar-refractivity contribution in [2.75, 3.05) is 20.3 Å². The fourth-order valence-electron chi connectivity index (χ4n) is 3.06. The topological polar surface area (TPSA) is 49.2 Å². The quantitative estimate of drug-likeness (QED) is 0.399. The first-order chi connectivity index (χ1) is 11.4. The third-order valence-corrected chi connectivity index (χ3v) is 6.56. The van der Waals surface area contributed by atoms with E-state index < -0.39 is 8.07 Å². The lowest BCUT2D eigenvalue weighted by atomic mass is 10.1. The second kappa shape index (κ2) is 7.12. The lowest BCUT2D eigenvalue weighted by Gasteiger charge is -2.15. The minimum Gasteiger partial charge on any atom is -0.384 e. The van der Waals surface area contributed by atoms with Gasteiger partial charge in [0.25, 0.3) is 0 Å². The number of halogens is 1. The molecule has 0 aromatic carbocycles. The van der Waals surface area contributed by atoms with Crippen molar-refractivity contribution in [1.29, 1.82) is 0 Å². The van der Waals surface area contributed by atoms with E-state index in [9.17, 15) is 0 Å². The number of hydrogen-bond acceptors (Lipinski definition) is 4. The Morgan fingerprint density at radius 2 is 2.12 bits per heavy atom. The van der Waals surface area contributed by atoms with Gasteiger partial charge in [0.15, 0.2) is 0 Å². The van der Waals surface area contributed by atoms with Crippen molar-refractivity contribution < 1.29 is 9.47 Å². The van der Waals surface area contributed by atoms with Gasteiger partial charge in [-0.1, -0.05) is 31.2 Å². The van der Waals surface area contributed by atoms with Crippen LogP contribution in [0, 0.1) is 5.92 Å². The Morgan fingerprint density at radius 3 is 2.83 bits per heavy atom. The van der Waals surface area contributed by atoms with E-state index in [0.717, 1.165) is 36.7 Å². The predicted octanol–water partition coefficient (Wildman–Crippen LogP) is 4.15. The molecule has 0 bridgehead atoms. The number of nitrogens with zero attached hydrogens (tertiary/aromatic N) is 3. The number of methoxy groups -OCH3 is 1. The molecule has 2 aromatic heterocycles. The highest BCUT2D eigenvalue weighted by molar-refractivity contribution is 6.76. The molecule has 0 spiro atoms. The molecule has 1 saturated carbocycles. The zero-order valence-electron chi connectivity index (χ0n) is 14.9. The molecular formula is C17H26ClN3O2Si. The van der Waals surface area contributed by atoms with Gasteiger partial charge >= 0.3 is 0 Å². The number of hydrogen-bond donors (Lipinski definition) is 0. The molecule has 2 unspecified atom stereocenters. The van der Waals surface area contributed by atoms with Crippen LogP contribution in [0.5, 0.6) is 0 Å². The summed E-state index contributed by atoms with van der Waals surface area (Å²) in [4.78, 5) is 8.60. The van der Waals surface area contributed by atoms with E-state index in [4.69, 9.17) is 21.1 Å². The molecule has 3 rings (SSSR count). The summed E-state index contributed by atoms with van der Waals surface area (Å²) in [6, 6.07) is 1.16. The van der Waals surface area contributed by atoms with Crippen molar-refractivity contribution in [2.24, 2.45) is 5.92 Å². The molecule has 2 aromatic rings.